The molecule has 3 heteroatoms. The van der Waals surface area contributed by atoms with Gasteiger partial charge in [0.1, 0.15) is 5.75 Å². The molecule has 0 radical (unpaired) electrons. The fourth-order valence-electron chi connectivity index (χ4n) is 1.70. The van der Waals surface area contributed by atoms with E-state index in [4.69, 9.17) is 16.3 Å². The molecule has 0 saturated carbocycles. The molecule has 0 unspecified atom stereocenters. The molecule has 96 valence electrons. The third-order valence-electron chi connectivity index (χ3n) is 2.66. The Balaban J connectivity index is 2.23. The van der Waals surface area contributed by atoms with E-state index in [1.165, 1.54) is 6.08 Å². The SMILES string of the molecule is COc1ccc(Cl)cc1/C=C\C(=O)c1ccccc1. The zero-order valence-electron chi connectivity index (χ0n) is 10.5. The van der Waals surface area contributed by atoms with E-state index < -0.39 is 0 Å². The molecule has 0 bridgehead atoms. The molecule has 0 aromatic heterocycles. The molecule has 2 nitrogen and oxygen atoms in total. The van der Waals surface area contributed by atoms with Gasteiger partial charge in [-0.05, 0) is 30.4 Å². The number of rotatable bonds is 4. The average Bonchev–Trinajstić information content (AvgIpc) is 2.46. The van der Waals surface area contributed by atoms with Gasteiger partial charge in [0.05, 0.1) is 7.11 Å². The lowest BCUT2D eigenvalue weighted by Gasteiger charge is -2.04. The highest BCUT2D eigenvalue weighted by atomic mass is 35.5. The fourth-order valence-corrected chi connectivity index (χ4v) is 1.88. The maximum atomic E-state index is 11.9. The topological polar surface area (TPSA) is 26.3 Å². The van der Waals surface area contributed by atoms with Crippen LogP contribution in [0.1, 0.15) is 15.9 Å². The summed E-state index contributed by atoms with van der Waals surface area (Å²) in [6, 6.07) is 14.4. The van der Waals surface area contributed by atoms with Crippen LogP contribution < -0.4 is 4.74 Å². The van der Waals surface area contributed by atoms with Crippen LogP contribution in [0.25, 0.3) is 6.08 Å². The molecule has 0 amide bonds. The number of ether oxygens (including phenoxy) is 1. The quantitative estimate of drug-likeness (QED) is 0.614. The lowest BCUT2D eigenvalue weighted by Crippen LogP contribution is -1.93. The Kier molecular flexibility index (Phi) is 4.37. The maximum Gasteiger partial charge on any atom is 0.185 e. The van der Waals surface area contributed by atoms with Crippen molar-refractivity contribution in [1.82, 2.24) is 0 Å². The summed E-state index contributed by atoms with van der Waals surface area (Å²) in [4.78, 5) is 11.9. The highest BCUT2D eigenvalue weighted by Crippen LogP contribution is 2.23. The largest absolute Gasteiger partial charge is 0.496 e. The standard InChI is InChI=1S/C16H13ClO2/c1-19-16-10-8-14(17)11-13(16)7-9-15(18)12-5-3-2-4-6-12/h2-11H,1H3/b9-7-. The molecular formula is C16H13ClO2. The first-order valence-corrected chi connectivity index (χ1v) is 6.19. The van der Waals surface area contributed by atoms with Crippen LogP contribution in [-0.4, -0.2) is 12.9 Å². The Morgan fingerprint density at radius 2 is 1.89 bits per heavy atom. The first-order chi connectivity index (χ1) is 9.20. The van der Waals surface area contributed by atoms with Crippen LogP contribution in [0.3, 0.4) is 0 Å². The number of carbonyl (C=O) groups is 1. The summed E-state index contributed by atoms with van der Waals surface area (Å²) in [7, 11) is 1.58. The Morgan fingerprint density at radius 3 is 2.58 bits per heavy atom. The molecule has 0 aliphatic carbocycles. The minimum absolute atomic E-state index is 0.0531. The van der Waals surface area contributed by atoms with Crippen molar-refractivity contribution < 1.29 is 9.53 Å². The lowest BCUT2D eigenvalue weighted by molar-refractivity contribution is 0.104. The summed E-state index contributed by atoms with van der Waals surface area (Å²) in [5.41, 5.74) is 1.43. The van der Waals surface area contributed by atoms with Gasteiger partial charge in [-0.1, -0.05) is 41.9 Å². The van der Waals surface area contributed by atoms with Crippen LogP contribution in [-0.2, 0) is 0 Å². The van der Waals surface area contributed by atoms with Crippen molar-refractivity contribution in [1.29, 1.82) is 0 Å². The molecular weight excluding hydrogens is 260 g/mol. The van der Waals surface area contributed by atoms with Crippen LogP contribution >= 0.6 is 11.6 Å². The van der Waals surface area contributed by atoms with Gasteiger partial charge in [0.15, 0.2) is 5.78 Å². The van der Waals surface area contributed by atoms with Crippen molar-refractivity contribution in [2.24, 2.45) is 0 Å². The summed E-state index contributed by atoms with van der Waals surface area (Å²) in [6.45, 7) is 0. The molecule has 0 aliphatic rings. The van der Waals surface area contributed by atoms with Crippen molar-refractivity contribution in [2.45, 2.75) is 0 Å². The normalized spacial score (nSPS) is 10.6. The van der Waals surface area contributed by atoms with Gasteiger partial charge in [-0.2, -0.15) is 0 Å². The molecule has 2 aromatic carbocycles. The summed E-state index contributed by atoms with van der Waals surface area (Å²) in [6.07, 6.45) is 3.23. The molecule has 0 N–H and O–H groups in total. The number of hydrogen-bond acceptors (Lipinski definition) is 2. The number of hydrogen-bond donors (Lipinski definition) is 0. The van der Waals surface area contributed by atoms with E-state index in [-0.39, 0.29) is 5.78 Å². The van der Waals surface area contributed by atoms with Gasteiger partial charge in [0.25, 0.3) is 0 Å². The van der Waals surface area contributed by atoms with Gasteiger partial charge in [-0.25, -0.2) is 0 Å². The van der Waals surface area contributed by atoms with Crippen LogP contribution in [0.2, 0.25) is 5.02 Å². The number of benzene rings is 2. The van der Waals surface area contributed by atoms with Gasteiger partial charge in [-0.15, -0.1) is 0 Å². The van der Waals surface area contributed by atoms with Crippen LogP contribution in [0, 0.1) is 0 Å². The summed E-state index contributed by atoms with van der Waals surface area (Å²) >= 11 is 5.93. The van der Waals surface area contributed by atoms with Crippen molar-refractivity contribution >= 4 is 23.5 Å². The molecule has 0 atom stereocenters. The van der Waals surface area contributed by atoms with Gasteiger partial charge in [-0.3, -0.25) is 4.79 Å². The predicted molar refractivity (Wildman–Crippen MR) is 77.8 cm³/mol. The zero-order chi connectivity index (χ0) is 13.7. The summed E-state index contributed by atoms with van der Waals surface area (Å²) < 4.78 is 5.22. The maximum absolute atomic E-state index is 11.9. The average molecular weight is 273 g/mol. The first-order valence-electron chi connectivity index (χ1n) is 5.81. The second-order valence-corrected chi connectivity index (χ2v) is 4.39. The highest BCUT2D eigenvalue weighted by molar-refractivity contribution is 6.30. The van der Waals surface area contributed by atoms with Crippen molar-refractivity contribution in [2.75, 3.05) is 7.11 Å². The van der Waals surface area contributed by atoms with E-state index in [1.807, 2.05) is 18.2 Å². The minimum atomic E-state index is -0.0531. The molecule has 0 spiro atoms. The fraction of sp³-hybridized carbons (Fsp3) is 0.0625. The lowest BCUT2D eigenvalue weighted by atomic mass is 10.1. The van der Waals surface area contributed by atoms with Crippen LogP contribution in [0.15, 0.2) is 54.6 Å². The van der Waals surface area contributed by atoms with Crippen molar-refractivity contribution in [3.05, 3.63) is 70.8 Å². The number of ketones is 1. The molecule has 0 saturated heterocycles. The third kappa shape index (κ3) is 3.46. The van der Waals surface area contributed by atoms with E-state index in [9.17, 15) is 4.79 Å². The highest BCUT2D eigenvalue weighted by Gasteiger charge is 2.03. The van der Waals surface area contributed by atoms with Gasteiger partial charge < -0.3 is 4.74 Å². The van der Waals surface area contributed by atoms with Gasteiger partial charge >= 0.3 is 0 Å². The van der Waals surface area contributed by atoms with E-state index in [0.717, 1.165) is 5.56 Å². The zero-order valence-corrected chi connectivity index (χ0v) is 11.2. The Morgan fingerprint density at radius 1 is 1.16 bits per heavy atom. The number of methoxy groups -OCH3 is 1. The van der Waals surface area contributed by atoms with Crippen LogP contribution in [0.5, 0.6) is 5.75 Å². The van der Waals surface area contributed by atoms with Crippen LogP contribution in [0.4, 0.5) is 0 Å². The van der Waals surface area contributed by atoms with Crippen molar-refractivity contribution in [3.8, 4) is 5.75 Å². The summed E-state index contributed by atoms with van der Waals surface area (Å²) in [5.74, 6) is 0.629. The predicted octanol–water partition coefficient (Wildman–Crippen LogP) is 4.24. The second-order valence-electron chi connectivity index (χ2n) is 3.95. The van der Waals surface area contributed by atoms with E-state index in [2.05, 4.69) is 0 Å². The Bertz CT molecular complexity index is 603. The van der Waals surface area contributed by atoms with Crippen molar-refractivity contribution in [3.63, 3.8) is 0 Å². The molecule has 2 rings (SSSR count). The third-order valence-corrected chi connectivity index (χ3v) is 2.90. The van der Waals surface area contributed by atoms with Gasteiger partial charge in [0.2, 0.25) is 0 Å². The van der Waals surface area contributed by atoms with Gasteiger partial charge in [0, 0.05) is 16.1 Å². The van der Waals surface area contributed by atoms with E-state index in [1.54, 1.807) is 43.5 Å². The molecule has 0 aliphatic heterocycles. The Hall–Kier alpha value is -2.06. The molecule has 0 heterocycles. The summed E-state index contributed by atoms with van der Waals surface area (Å²) in [5, 5.41) is 0.604. The molecule has 2 aromatic rings. The number of carbonyl (C=O) groups excluding carboxylic acids is 1. The number of halogens is 1. The molecule has 19 heavy (non-hydrogen) atoms. The monoisotopic (exact) mass is 272 g/mol. The molecule has 0 fully saturated rings. The number of allylic oxidation sites excluding steroid dienone is 1. The van der Waals surface area contributed by atoms with E-state index >= 15 is 0 Å². The first kappa shape index (κ1) is 13.4. The Labute approximate surface area is 117 Å². The van der Waals surface area contributed by atoms with E-state index in [0.29, 0.717) is 16.3 Å². The second kappa shape index (κ2) is 6.21. The minimum Gasteiger partial charge on any atom is -0.496 e. The smallest absolute Gasteiger partial charge is 0.185 e.